The fourth-order valence-electron chi connectivity index (χ4n) is 3.74. The molecule has 192 valence electrons. The first-order chi connectivity index (χ1) is 16.6. The van der Waals surface area contributed by atoms with Gasteiger partial charge in [-0.05, 0) is 37.7 Å². The topological polar surface area (TPSA) is 61.8 Å². The summed E-state index contributed by atoms with van der Waals surface area (Å²) in [5.74, 6) is -0.322. The number of ether oxygens (including phenoxy) is 3. The second kappa shape index (κ2) is 21.4. The molecular weight excluding hydrogens is 428 g/mol. The van der Waals surface area contributed by atoms with Crippen LogP contribution < -0.4 is 0 Å². The zero-order chi connectivity index (χ0) is 24.7. The van der Waals surface area contributed by atoms with Crippen molar-refractivity contribution in [3.8, 4) is 0 Å². The predicted molar refractivity (Wildman–Crippen MR) is 137 cm³/mol. The molecule has 1 aromatic rings. The van der Waals surface area contributed by atoms with Gasteiger partial charge in [0.2, 0.25) is 0 Å². The molecule has 0 saturated heterocycles. The maximum Gasteiger partial charge on any atom is 0.305 e. The first-order valence-electron chi connectivity index (χ1n) is 13.2. The van der Waals surface area contributed by atoms with Gasteiger partial charge in [-0.1, -0.05) is 87.9 Å². The summed E-state index contributed by atoms with van der Waals surface area (Å²) in [6.45, 7) is 4.97. The minimum absolute atomic E-state index is 0.0146. The Balaban J connectivity index is 1.94. The number of benzene rings is 1. The van der Waals surface area contributed by atoms with Gasteiger partial charge in [-0.15, -0.1) is 0 Å². The van der Waals surface area contributed by atoms with Gasteiger partial charge in [0, 0.05) is 19.8 Å². The van der Waals surface area contributed by atoms with E-state index in [9.17, 15) is 9.59 Å². The Hall–Kier alpha value is -2.14. The third-order valence-corrected chi connectivity index (χ3v) is 5.63. The highest BCUT2D eigenvalue weighted by molar-refractivity contribution is 5.69. The lowest BCUT2D eigenvalue weighted by Crippen LogP contribution is -2.15. The molecule has 0 aliphatic carbocycles. The van der Waals surface area contributed by atoms with Gasteiger partial charge in [-0.2, -0.15) is 0 Å². The molecule has 0 heterocycles. The van der Waals surface area contributed by atoms with Crippen molar-refractivity contribution in [1.29, 1.82) is 0 Å². The summed E-state index contributed by atoms with van der Waals surface area (Å²) in [6, 6.07) is 9.97. The molecule has 1 atom stereocenters. The zero-order valence-corrected chi connectivity index (χ0v) is 21.5. The second-order valence-electron chi connectivity index (χ2n) is 8.85. The molecule has 0 N–H and O–H groups in total. The number of carbonyl (C=O) groups excluding carboxylic acids is 2. The molecule has 0 fully saturated rings. The Morgan fingerprint density at radius 3 is 2.38 bits per heavy atom. The maximum atomic E-state index is 11.8. The molecule has 1 aromatic carbocycles. The van der Waals surface area contributed by atoms with Crippen LogP contribution in [0.3, 0.4) is 0 Å². The van der Waals surface area contributed by atoms with Crippen LogP contribution in [0.1, 0.15) is 103 Å². The Labute approximate surface area is 207 Å². The van der Waals surface area contributed by atoms with Crippen molar-refractivity contribution in [2.75, 3.05) is 13.2 Å². The van der Waals surface area contributed by atoms with Crippen molar-refractivity contribution in [3.05, 3.63) is 48.0 Å². The molecule has 5 heteroatoms. The SMILES string of the molecule is CCCCCCC(CC=CCCCCCCCC(=O)OCCOCc1ccccc1)OC(C)=O. The number of allylic oxidation sites excluding steroid dienone is 1. The molecule has 0 spiro atoms. The van der Waals surface area contributed by atoms with E-state index >= 15 is 0 Å². The Morgan fingerprint density at radius 2 is 1.62 bits per heavy atom. The predicted octanol–water partition coefficient (Wildman–Crippen LogP) is 7.33. The smallest absolute Gasteiger partial charge is 0.305 e. The molecule has 0 radical (unpaired) electrons. The number of hydrogen-bond donors (Lipinski definition) is 0. The second-order valence-corrected chi connectivity index (χ2v) is 8.85. The minimum atomic E-state index is -0.186. The average Bonchev–Trinajstić information content (AvgIpc) is 2.83. The van der Waals surface area contributed by atoms with Crippen LogP contribution in [0, 0.1) is 0 Å². The van der Waals surface area contributed by atoms with Crippen LogP contribution in [0.2, 0.25) is 0 Å². The van der Waals surface area contributed by atoms with Gasteiger partial charge in [-0.3, -0.25) is 9.59 Å². The van der Waals surface area contributed by atoms with Gasteiger partial charge in [0.25, 0.3) is 0 Å². The molecule has 0 saturated carbocycles. The quantitative estimate of drug-likeness (QED) is 0.106. The summed E-state index contributed by atoms with van der Waals surface area (Å²) in [4.78, 5) is 23.1. The lowest BCUT2D eigenvalue weighted by molar-refractivity contribution is -0.147. The van der Waals surface area contributed by atoms with E-state index in [1.165, 1.54) is 26.2 Å². The van der Waals surface area contributed by atoms with Crippen molar-refractivity contribution in [1.82, 2.24) is 0 Å². The van der Waals surface area contributed by atoms with Gasteiger partial charge in [0.1, 0.15) is 12.7 Å². The van der Waals surface area contributed by atoms with Crippen LogP contribution in [-0.2, 0) is 30.4 Å². The normalized spacial score (nSPS) is 12.1. The molecule has 5 nitrogen and oxygen atoms in total. The van der Waals surface area contributed by atoms with Gasteiger partial charge in [0.15, 0.2) is 0 Å². The highest BCUT2D eigenvalue weighted by atomic mass is 16.6. The summed E-state index contributed by atoms with van der Waals surface area (Å²) in [5, 5.41) is 0. The molecule has 1 unspecified atom stereocenters. The molecule has 0 aliphatic heterocycles. The third-order valence-electron chi connectivity index (χ3n) is 5.63. The molecule has 0 amide bonds. The first kappa shape index (κ1) is 29.9. The van der Waals surface area contributed by atoms with E-state index in [0.29, 0.717) is 26.2 Å². The highest BCUT2D eigenvalue weighted by Crippen LogP contribution is 2.13. The van der Waals surface area contributed by atoms with E-state index in [-0.39, 0.29) is 18.0 Å². The van der Waals surface area contributed by atoms with E-state index in [2.05, 4.69) is 19.1 Å². The number of rotatable bonds is 21. The lowest BCUT2D eigenvalue weighted by atomic mass is 10.1. The molecular formula is C29H46O5. The van der Waals surface area contributed by atoms with E-state index in [4.69, 9.17) is 14.2 Å². The van der Waals surface area contributed by atoms with Gasteiger partial charge < -0.3 is 14.2 Å². The van der Waals surface area contributed by atoms with Gasteiger partial charge in [-0.25, -0.2) is 0 Å². The van der Waals surface area contributed by atoms with E-state index < -0.39 is 0 Å². The van der Waals surface area contributed by atoms with Gasteiger partial charge >= 0.3 is 11.9 Å². The van der Waals surface area contributed by atoms with Crippen LogP contribution in [0.15, 0.2) is 42.5 Å². The highest BCUT2D eigenvalue weighted by Gasteiger charge is 2.09. The lowest BCUT2D eigenvalue weighted by Gasteiger charge is -2.15. The van der Waals surface area contributed by atoms with Crippen LogP contribution in [0.25, 0.3) is 0 Å². The van der Waals surface area contributed by atoms with E-state index in [0.717, 1.165) is 63.4 Å². The minimum Gasteiger partial charge on any atom is -0.463 e. The maximum absolute atomic E-state index is 11.8. The zero-order valence-electron chi connectivity index (χ0n) is 21.5. The van der Waals surface area contributed by atoms with Crippen molar-refractivity contribution in [3.63, 3.8) is 0 Å². The number of esters is 2. The summed E-state index contributed by atoms with van der Waals surface area (Å²) >= 11 is 0. The molecule has 0 aromatic heterocycles. The largest absolute Gasteiger partial charge is 0.463 e. The summed E-state index contributed by atoms with van der Waals surface area (Å²) in [7, 11) is 0. The third kappa shape index (κ3) is 18.3. The van der Waals surface area contributed by atoms with E-state index in [1.807, 2.05) is 30.3 Å². The van der Waals surface area contributed by atoms with Crippen molar-refractivity contribution >= 4 is 11.9 Å². The number of hydrogen-bond acceptors (Lipinski definition) is 5. The standard InChI is InChI=1S/C29H46O5/c1-3-4-5-15-20-28(34-26(2)30)21-16-10-8-6-7-9-11-17-22-29(31)33-24-23-32-25-27-18-13-12-14-19-27/h10,12-14,16,18-19,28H,3-9,11,15,17,20-25H2,1-2H3. The van der Waals surface area contributed by atoms with Crippen molar-refractivity contribution in [2.45, 2.75) is 110 Å². The monoisotopic (exact) mass is 474 g/mol. The summed E-state index contributed by atoms with van der Waals surface area (Å²) < 4.78 is 16.2. The molecule has 1 rings (SSSR count). The van der Waals surface area contributed by atoms with Crippen LogP contribution in [0.4, 0.5) is 0 Å². The molecule has 0 aliphatic rings. The Kier molecular flexibility index (Phi) is 18.8. The average molecular weight is 475 g/mol. The molecule has 0 bridgehead atoms. The Bertz CT molecular complexity index is 656. The van der Waals surface area contributed by atoms with Crippen molar-refractivity contribution in [2.24, 2.45) is 0 Å². The van der Waals surface area contributed by atoms with Crippen LogP contribution in [0.5, 0.6) is 0 Å². The Morgan fingerprint density at radius 1 is 0.882 bits per heavy atom. The first-order valence-corrected chi connectivity index (χ1v) is 13.2. The molecule has 34 heavy (non-hydrogen) atoms. The van der Waals surface area contributed by atoms with E-state index in [1.54, 1.807) is 0 Å². The van der Waals surface area contributed by atoms with Gasteiger partial charge in [0.05, 0.1) is 13.2 Å². The fraction of sp³-hybridized carbons (Fsp3) is 0.655. The summed E-state index contributed by atoms with van der Waals surface area (Å²) in [6.07, 6.45) is 17.8. The number of carbonyl (C=O) groups is 2. The van der Waals surface area contributed by atoms with Crippen molar-refractivity contribution < 1.29 is 23.8 Å². The fourth-order valence-corrected chi connectivity index (χ4v) is 3.74. The van der Waals surface area contributed by atoms with Crippen LogP contribution >= 0.6 is 0 Å². The van der Waals surface area contributed by atoms with Crippen LogP contribution in [-0.4, -0.2) is 31.3 Å². The number of unbranched alkanes of at least 4 members (excludes halogenated alkanes) is 8. The summed E-state index contributed by atoms with van der Waals surface area (Å²) in [5.41, 5.74) is 1.12.